The summed E-state index contributed by atoms with van der Waals surface area (Å²) in [6.45, 7) is 0. The number of phenols is 1. The maximum Gasteiger partial charge on any atom is 0.339 e. The number of carbonyl (C=O) groups is 1. The first kappa shape index (κ1) is 6.78. The molecule has 12 heavy (non-hydrogen) atoms. The number of hydrogen-bond acceptors (Lipinski definition) is 4. The summed E-state index contributed by atoms with van der Waals surface area (Å²) in [6, 6.07) is 2.49. The molecule has 5 heteroatoms. The molecular formula is C7H4O5. The number of phenolic OH excluding ortho intramolecular Hbond substituents is 1. The summed E-state index contributed by atoms with van der Waals surface area (Å²) in [4.78, 5) is 10.5. The van der Waals surface area contributed by atoms with Crippen LogP contribution >= 0.6 is 0 Å². The van der Waals surface area contributed by atoms with Crippen molar-refractivity contribution in [2.75, 3.05) is 0 Å². The number of aromatic hydroxyl groups is 1. The van der Waals surface area contributed by atoms with E-state index in [1.54, 1.807) is 0 Å². The van der Waals surface area contributed by atoms with Crippen molar-refractivity contribution < 1.29 is 24.2 Å². The van der Waals surface area contributed by atoms with Crippen LogP contribution in [0.1, 0.15) is 10.4 Å². The average Bonchev–Trinajstić information content (AvgIpc) is 1.92. The fourth-order valence-electron chi connectivity index (χ4n) is 0.933. The zero-order chi connectivity index (χ0) is 8.72. The lowest BCUT2D eigenvalue weighted by molar-refractivity contribution is 0.0521. The Bertz CT molecular complexity index is 436. The molecule has 0 bridgehead atoms. The number of benzene rings is 1. The van der Waals surface area contributed by atoms with Gasteiger partial charge in [-0.25, -0.2) is 4.79 Å². The van der Waals surface area contributed by atoms with Crippen LogP contribution in [0.25, 0.3) is 11.2 Å². The number of hydrogen-bond donors (Lipinski definition) is 2. The molecule has 5 nitrogen and oxygen atoms in total. The second-order valence-corrected chi connectivity index (χ2v) is 2.26. The van der Waals surface area contributed by atoms with Gasteiger partial charge in [-0.05, 0) is 12.1 Å². The smallest absolute Gasteiger partial charge is 0.339 e. The van der Waals surface area contributed by atoms with Crippen LogP contribution in [-0.4, -0.2) is 16.2 Å². The molecule has 1 aromatic carbocycles. The fraction of sp³-hybridized carbons (Fsp3) is 0. The van der Waals surface area contributed by atoms with E-state index in [1.807, 2.05) is 0 Å². The molecule has 0 aliphatic heterocycles. The zero-order valence-corrected chi connectivity index (χ0v) is 5.77. The molecule has 0 aliphatic carbocycles. The van der Waals surface area contributed by atoms with Gasteiger partial charge in [-0.2, -0.15) is 0 Å². The SMILES string of the molecule is O=C(O)c1ccc(O)c2ooc12. The van der Waals surface area contributed by atoms with E-state index in [0.29, 0.717) is 0 Å². The minimum Gasteiger partial charge on any atom is -0.504 e. The van der Waals surface area contributed by atoms with Crippen LogP contribution in [0.3, 0.4) is 0 Å². The van der Waals surface area contributed by atoms with Gasteiger partial charge in [0.05, 0.1) is 0 Å². The van der Waals surface area contributed by atoms with Gasteiger partial charge in [0.1, 0.15) is 5.56 Å². The van der Waals surface area contributed by atoms with Crippen molar-refractivity contribution in [1.82, 2.24) is 0 Å². The molecule has 2 N–H and O–H groups in total. The molecule has 0 fully saturated rings. The molecule has 0 saturated carbocycles. The van der Waals surface area contributed by atoms with Crippen LogP contribution in [0.2, 0.25) is 0 Å². The predicted octanol–water partition coefficient (Wildman–Crippen LogP) is 1.43. The lowest BCUT2D eigenvalue weighted by atomic mass is 10.2. The summed E-state index contributed by atoms with van der Waals surface area (Å²) in [5.41, 5.74) is 0.131. The van der Waals surface area contributed by atoms with Crippen molar-refractivity contribution >= 4 is 17.1 Å². The number of aromatic carboxylic acids is 1. The molecule has 1 heterocycles. The molecule has 2 rings (SSSR count). The normalized spacial score (nSPS) is 10.7. The third-order valence-corrected chi connectivity index (χ3v) is 1.53. The molecule has 62 valence electrons. The van der Waals surface area contributed by atoms with Gasteiger partial charge < -0.3 is 10.2 Å². The Hall–Kier alpha value is -1.91. The Morgan fingerprint density at radius 1 is 1.25 bits per heavy atom. The minimum absolute atomic E-state index is 0.0194. The third-order valence-electron chi connectivity index (χ3n) is 1.53. The van der Waals surface area contributed by atoms with E-state index < -0.39 is 5.97 Å². The number of fused-ring (bicyclic) bond motifs is 1. The van der Waals surface area contributed by atoms with Gasteiger partial charge in [0.15, 0.2) is 5.75 Å². The van der Waals surface area contributed by atoms with Crippen molar-refractivity contribution in [3.63, 3.8) is 0 Å². The Kier molecular flexibility index (Phi) is 1.15. The fourth-order valence-corrected chi connectivity index (χ4v) is 0.933. The maximum atomic E-state index is 10.5. The van der Waals surface area contributed by atoms with Crippen molar-refractivity contribution in [2.24, 2.45) is 0 Å². The Morgan fingerprint density at radius 3 is 2.42 bits per heavy atom. The highest BCUT2D eigenvalue weighted by atomic mass is 17.0. The Morgan fingerprint density at radius 2 is 1.92 bits per heavy atom. The minimum atomic E-state index is -1.12. The van der Waals surface area contributed by atoms with Crippen LogP contribution in [0, 0.1) is 0 Å². The number of carboxylic acid groups (broad SMARTS) is 1. The van der Waals surface area contributed by atoms with Gasteiger partial charge in [0, 0.05) is 0 Å². The van der Waals surface area contributed by atoms with Crippen molar-refractivity contribution in [2.45, 2.75) is 0 Å². The molecule has 0 saturated heterocycles. The largest absolute Gasteiger partial charge is 0.504 e. The summed E-state index contributed by atoms with van der Waals surface area (Å²) in [7, 11) is 0. The third kappa shape index (κ3) is 0.701. The second-order valence-electron chi connectivity index (χ2n) is 2.26. The van der Waals surface area contributed by atoms with Crippen LogP contribution < -0.4 is 0 Å². The Labute approximate surface area is 65.7 Å². The van der Waals surface area contributed by atoms with Crippen LogP contribution in [0.4, 0.5) is 0 Å². The van der Waals surface area contributed by atoms with Crippen molar-refractivity contribution in [3.8, 4) is 5.75 Å². The van der Waals surface area contributed by atoms with Gasteiger partial charge in [-0.15, -0.1) is 0 Å². The van der Waals surface area contributed by atoms with E-state index >= 15 is 0 Å². The molecular weight excluding hydrogens is 164 g/mol. The van der Waals surface area contributed by atoms with Gasteiger partial charge >= 0.3 is 5.97 Å². The van der Waals surface area contributed by atoms with E-state index in [-0.39, 0.29) is 22.5 Å². The van der Waals surface area contributed by atoms with Crippen molar-refractivity contribution in [3.05, 3.63) is 17.7 Å². The molecule has 1 aromatic heterocycles. The van der Waals surface area contributed by atoms with Crippen LogP contribution in [0.5, 0.6) is 5.75 Å². The average molecular weight is 168 g/mol. The molecule has 0 amide bonds. The number of rotatable bonds is 1. The highest BCUT2D eigenvalue weighted by Gasteiger charge is 2.19. The molecule has 0 radical (unpaired) electrons. The van der Waals surface area contributed by atoms with Crippen LogP contribution in [-0.2, 0) is 0 Å². The van der Waals surface area contributed by atoms with E-state index in [0.717, 1.165) is 0 Å². The monoisotopic (exact) mass is 168 g/mol. The van der Waals surface area contributed by atoms with Gasteiger partial charge in [-0.1, -0.05) is 0 Å². The Balaban J connectivity index is 2.74. The van der Waals surface area contributed by atoms with Gasteiger partial charge in [0.2, 0.25) is 5.58 Å². The first-order chi connectivity index (χ1) is 5.70. The summed E-state index contributed by atoms with van der Waals surface area (Å²) in [6.07, 6.45) is 0. The first-order valence-corrected chi connectivity index (χ1v) is 3.14. The first-order valence-electron chi connectivity index (χ1n) is 3.14. The quantitative estimate of drug-likeness (QED) is 0.629. The standard InChI is InChI=1S/C7H4O5/c8-4-2-1-3(7(9)10)5-6(4)12-11-5/h1-2,8H,(H,9,10). The highest BCUT2D eigenvalue weighted by molar-refractivity contribution is 6.01. The predicted molar refractivity (Wildman–Crippen MR) is 37.1 cm³/mol. The summed E-state index contributed by atoms with van der Waals surface area (Å²) >= 11 is 0. The lowest BCUT2D eigenvalue weighted by Crippen LogP contribution is -1.98. The molecule has 0 spiro atoms. The summed E-state index contributed by atoms with van der Waals surface area (Å²) in [5.74, 6) is -1.24. The molecule has 0 unspecified atom stereocenters. The second kappa shape index (κ2) is 2.04. The lowest BCUT2D eigenvalue weighted by Gasteiger charge is -2.02. The zero-order valence-electron chi connectivity index (χ0n) is 5.77. The van der Waals surface area contributed by atoms with Crippen LogP contribution in [0.15, 0.2) is 21.3 Å². The van der Waals surface area contributed by atoms with E-state index in [4.69, 9.17) is 10.2 Å². The summed E-state index contributed by atoms with van der Waals surface area (Å²) in [5, 5.41) is 17.7. The van der Waals surface area contributed by atoms with Gasteiger partial charge in [0.25, 0.3) is 5.58 Å². The van der Waals surface area contributed by atoms with Crippen molar-refractivity contribution in [1.29, 1.82) is 0 Å². The van der Waals surface area contributed by atoms with E-state index in [2.05, 4.69) is 9.15 Å². The highest BCUT2D eigenvalue weighted by Crippen LogP contribution is 2.30. The number of carboxylic acids is 1. The topological polar surface area (TPSA) is 83.8 Å². The molecule has 0 aliphatic rings. The molecule has 2 aromatic rings. The maximum absolute atomic E-state index is 10.5. The van der Waals surface area contributed by atoms with Gasteiger partial charge in [-0.3, -0.25) is 9.15 Å². The molecule has 0 atom stereocenters. The van der Waals surface area contributed by atoms with E-state index in [9.17, 15) is 4.79 Å². The summed E-state index contributed by atoms with van der Waals surface area (Å²) < 4.78 is 8.79. The van der Waals surface area contributed by atoms with E-state index in [1.165, 1.54) is 12.1 Å².